The molecule has 0 amide bonds. The minimum absolute atomic E-state index is 0.439. The quantitative estimate of drug-likeness (QED) is 0.256. The minimum Gasteiger partial charge on any atom is -0.492 e. The number of hydrogen-bond acceptors (Lipinski definition) is 3. The van der Waals surface area contributed by atoms with Gasteiger partial charge in [0.05, 0.1) is 0 Å². The van der Waals surface area contributed by atoms with Crippen LogP contribution in [0.3, 0.4) is 0 Å². The van der Waals surface area contributed by atoms with Crippen molar-refractivity contribution < 1.29 is 4.74 Å². The highest BCUT2D eigenvalue weighted by Crippen LogP contribution is 2.35. The number of ether oxygens (including phenoxy) is 1. The lowest BCUT2D eigenvalue weighted by Gasteiger charge is -2.20. The van der Waals surface area contributed by atoms with Gasteiger partial charge in [-0.2, -0.15) is 0 Å². The van der Waals surface area contributed by atoms with Crippen LogP contribution in [-0.2, 0) is 0 Å². The first-order chi connectivity index (χ1) is 15.2. The summed E-state index contributed by atoms with van der Waals surface area (Å²) in [6.45, 7) is 1.97. The molecule has 1 aliphatic rings. The van der Waals surface area contributed by atoms with Crippen molar-refractivity contribution in [1.82, 2.24) is 4.90 Å². The van der Waals surface area contributed by atoms with Crippen molar-refractivity contribution in [3.05, 3.63) is 106 Å². The highest BCUT2D eigenvalue weighted by Gasteiger charge is 2.16. The lowest BCUT2D eigenvalue weighted by atomic mass is 9.85. The molecule has 3 rings (SSSR count). The van der Waals surface area contributed by atoms with E-state index in [2.05, 4.69) is 69.6 Å². The summed E-state index contributed by atoms with van der Waals surface area (Å²) >= 11 is 0. The summed E-state index contributed by atoms with van der Waals surface area (Å²) < 4.78 is 5.88. The van der Waals surface area contributed by atoms with Gasteiger partial charge < -0.3 is 9.64 Å². The Hall–Kier alpha value is -3.27. The fraction of sp³-hybridized carbons (Fsp3) is 0.308. The minimum atomic E-state index is 0.439. The molecule has 1 aliphatic carbocycles. The molecule has 0 atom stereocenters. The van der Waals surface area contributed by atoms with Gasteiger partial charge in [0, 0.05) is 18.0 Å². The van der Waals surface area contributed by atoms with E-state index < -0.39 is 0 Å². The first-order valence-corrected chi connectivity index (χ1v) is 10.7. The molecule has 5 nitrogen and oxygen atoms in total. The highest BCUT2D eigenvalue weighted by atomic mass is 16.5. The van der Waals surface area contributed by atoms with Gasteiger partial charge in [-0.05, 0) is 78.9 Å². The van der Waals surface area contributed by atoms with Crippen molar-refractivity contribution in [3.63, 3.8) is 0 Å². The van der Waals surface area contributed by atoms with Crippen molar-refractivity contribution in [2.45, 2.75) is 19.3 Å². The van der Waals surface area contributed by atoms with Crippen molar-refractivity contribution in [2.75, 3.05) is 33.8 Å². The summed E-state index contributed by atoms with van der Waals surface area (Å²) in [5.41, 5.74) is 14.8. The molecule has 0 heterocycles. The van der Waals surface area contributed by atoms with Gasteiger partial charge in [0.25, 0.3) is 0 Å². The topological polar surface area (TPSA) is 61.2 Å². The Labute approximate surface area is 185 Å². The first kappa shape index (κ1) is 22.4. The Bertz CT molecular complexity index is 982. The third-order valence-corrected chi connectivity index (χ3v) is 5.24. The van der Waals surface area contributed by atoms with Gasteiger partial charge in [-0.3, -0.25) is 0 Å². The SMILES string of the molecule is CN(C)CCOc1ccc(/C(=C(/CCN=[N+]=[N-])C2=CC=CCC2)c2ccccc2)cc1. The summed E-state index contributed by atoms with van der Waals surface area (Å²) in [6.07, 6.45) is 9.22. The van der Waals surface area contributed by atoms with Crippen LogP contribution in [0.25, 0.3) is 16.0 Å². The summed E-state index contributed by atoms with van der Waals surface area (Å²) in [6, 6.07) is 18.8. The Morgan fingerprint density at radius 1 is 1.06 bits per heavy atom. The molecule has 0 unspecified atom stereocenters. The van der Waals surface area contributed by atoms with Gasteiger partial charge in [-0.25, -0.2) is 0 Å². The molecule has 31 heavy (non-hydrogen) atoms. The van der Waals surface area contributed by atoms with Gasteiger partial charge in [0.15, 0.2) is 0 Å². The molecule has 0 aromatic heterocycles. The van der Waals surface area contributed by atoms with Crippen LogP contribution in [0.5, 0.6) is 5.75 Å². The van der Waals surface area contributed by atoms with Crippen molar-refractivity contribution in [1.29, 1.82) is 0 Å². The number of likely N-dealkylation sites (N-methyl/N-ethyl adjacent to an activating group) is 1. The molecule has 0 bridgehead atoms. The molecule has 0 spiro atoms. The van der Waals surface area contributed by atoms with Crippen LogP contribution in [0.1, 0.15) is 30.4 Å². The molecule has 5 heteroatoms. The summed E-state index contributed by atoms with van der Waals surface area (Å²) in [7, 11) is 4.08. The van der Waals surface area contributed by atoms with Gasteiger partial charge in [0.1, 0.15) is 12.4 Å². The van der Waals surface area contributed by atoms with E-state index in [0.29, 0.717) is 19.6 Å². The number of hydrogen-bond donors (Lipinski definition) is 0. The number of rotatable bonds is 10. The van der Waals surface area contributed by atoms with Gasteiger partial charge in [-0.15, -0.1) is 0 Å². The molecular weight excluding hydrogens is 384 g/mol. The largest absolute Gasteiger partial charge is 0.492 e. The molecule has 0 N–H and O–H groups in total. The Morgan fingerprint density at radius 3 is 2.45 bits per heavy atom. The fourth-order valence-corrected chi connectivity index (χ4v) is 3.69. The van der Waals surface area contributed by atoms with Crippen LogP contribution < -0.4 is 4.74 Å². The van der Waals surface area contributed by atoms with E-state index >= 15 is 0 Å². The summed E-state index contributed by atoms with van der Waals surface area (Å²) in [5, 5.41) is 3.82. The third-order valence-electron chi connectivity index (χ3n) is 5.24. The second kappa shape index (κ2) is 11.8. The normalized spacial score (nSPS) is 14.0. The lowest BCUT2D eigenvalue weighted by molar-refractivity contribution is 0.261. The number of nitrogens with zero attached hydrogens (tertiary/aromatic N) is 4. The smallest absolute Gasteiger partial charge is 0.119 e. The Kier molecular flexibility index (Phi) is 8.53. The number of benzene rings is 2. The third kappa shape index (κ3) is 6.61. The van der Waals surface area contributed by atoms with Crippen molar-refractivity contribution >= 4 is 5.57 Å². The molecule has 160 valence electrons. The van der Waals surface area contributed by atoms with E-state index in [-0.39, 0.29) is 0 Å². The van der Waals surface area contributed by atoms with Gasteiger partial charge in [0.2, 0.25) is 0 Å². The maximum absolute atomic E-state index is 8.80. The molecular formula is C26H30N4O. The van der Waals surface area contributed by atoms with Crippen LogP contribution in [0.4, 0.5) is 0 Å². The van der Waals surface area contributed by atoms with E-state index in [1.54, 1.807) is 0 Å². The van der Waals surface area contributed by atoms with Crippen molar-refractivity contribution in [2.24, 2.45) is 5.11 Å². The van der Waals surface area contributed by atoms with Gasteiger partial charge >= 0.3 is 0 Å². The van der Waals surface area contributed by atoms with Crippen molar-refractivity contribution in [3.8, 4) is 5.75 Å². The van der Waals surface area contributed by atoms with E-state index in [9.17, 15) is 0 Å². The zero-order chi connectivity index (χ0) is 21.9. The van der Waals surface area contributed by atoms with E-state index in [4.69, 9.17) is 10.3 Å². The predicted molar refractivity (Wildman–Crippen MR) is 128 cm³/mol. The molecule has 2 aromatic rings. The fourth-order valence-electron chi connectivity index (χ4n) is 3.69. The second-order valence-electron chi connectivity index (χ2n) is 7.76. The maximum Gasteiger partial charge on any atom is 0.119 e. The van der Waals surface area contributed by atoms with Crippen LogP contribution in [-0.4, -0.2) is 38.7 Å². The molecule has 0 aliphatic heterocycles. The van der Waals surface area contributed by atoms with Crippen LogP contribution in [0.15, 0.2) is 89.1 Å². The lowest BCUT2D eigenvalue weighted by Crippen LogP contribution is -2.19. The first-order valence-electron chi connectivity index (χ1n) is 10.7. The molecule has 0 fully saturated rings. The monoisotopic (exact) mass is 414 g/mol. The summed E-state index contributed by atoms with van der Waals surface area (Å²) in [5.74, 6) is 0.869. The second-order valence-corrected chi connectivity index (χ2v) is 7.76. The average molecular weight is 415 g/mol. The summed E-state index contributed by atoms with van der Waals surface area (Å²) in [4.78, 5) is 5.06. The number of allylic oxidation sites excluding steroid dienone is 4. The molecule has 2 aromatic carbocycles. The number of azide groups is 1. The zero-order valence-electron chi connectivity index (χ0n) is 18.4. The Balaban J connectivity index is 2.02. The highest BCUT2D eigenvalue weighted by molar-refractivity contribution is 5.85. The Morgan fingerprint density at radius 2 is 1.81 bits per heavy atom. The van der Waals surface area contributed by atoms with E-state index in [0.717, 1.165) is 36.3 Å². The maximum atomic E-state index is 8.80. The average Bonchev–Trinajstić information content (AvgIpc) is 2.80. The van der Waals surface area contributed by atoms with E-state index in [1.165, 1.54) is 16.7 Å². The molecule has 0 saturated carbocycles. The predicted octanol–water partition coefficient (Wildman–Crippen LogP) is 6.41. The van der Waals surface area contributed by atoms with Gasteiger partial charge in [-0.1, -0.05) is 65.8 Å². The molecule has 0 radical (unpaired) electrons. The zero-order valence-corrected chi connectivity index (χ0v) is 18.4. The van der Waals surface area contributed by atoms with Crippen LogP contribution >= 0.6 is 0 Å². The molecule has 0 saturated heterocycles. The van der Waals surface area contributed by atoms with Crippen LogP contribution in [0, 0.1) is 0 Å². The van der Waals surface area contributed by atoms with Crippen LogP contribution in [0.2, 0.25) is 0 Å². The van der Waals surface area contributed by atoms with E-state index in [1.807, 2.05) is 32.3 Å². The standard InChI is InChI=1S/C26H30N4O/c1-30(2)19-20-31-24-15-13-23(14-16-24)26(22-11-7-4-8-12-22)25(17-18-28-29-27)21-9-5-3-6-10-21/h3-5,7-9,11-16H,6,10,17-20H2,1-2H3/b26-25-.